The quantitative estimate of drug-likeness (QED) is 0.750. The molecule has 0 unspecified atom stereocenters. The zero-order valence-electron chi connectivity index (χ0n) is 11.8. The molecule has 3 nitrogen and oxygen atoms in total. The van der Waals surface area contributed by atoms with Gasteiger partial charge in [-0.15, -0.1) is 0 Å². The summed E-state index contributed by atoms with van der Waals surface area (Å²) >= 11 is 0. The minimum atomic E-state index is -0.0654. The molecule has 0 radical (unpaired) electrons. The van der Waals surface area contributed by atoms with E-state index >= 15 is 0 Å². The van der Waals surface area contributed by atoms with Crippen molar-refractivity contribution in [2.45, 2.75) is 13.3 Å². The Bertz CT molecular complexity index is 590. The average molecular weight is 270 g/mol. The molecule has 0 aromatic heterocycles. The molecule has 0 saturated carbocycles. The third-order valence-corrected chi connectivity index (χ3v) is 2.92. The number of ether oxygens (including phenoxy) is 2. The van der Waals surface area contributed by atoms with Crippen molar-refractivity contribution in [3.05, 3.63) is 59.7 Å². The second kappa shape index (κ2) is 6.75. The SMILES string of the molecule is CCCOc1cccc(C(=O)c2ccccc2OC)c1. The van der Waals surface area contributed by atoms with Gasteiger partial charge in [-0.1, -0.05) is 31.2 Å². The first-order valence-corrected chi connectivity index (χ1v) is 6.67. The van der Waals surface area contributed by atoms with Crippen LogP contribution in [0.3, 0.4) is 0 Å². The number of benzene rings is 2. The molecule has 0 aliphatic carbocycles. The van der Waals surface area contributed by atoms with Crippen LogP contribution in [0.1, 0.15) is 29.3 Å². The Hall–Kier alpha value is -2.29. The van der Waals surface area contributed by atoms with Gasteiger partial charge < -0.3 is 9.47 Å². The highest BCUT2D eigenvalue weighted by Crippen LogP contribution is 2.23. The van der Waals surface area contributed by atoms with Crippen molar-refractivity contribution in [1.29, 1.82) is 0 Å². The molecule has 0 bridgehead atoms. The van der Waals surface area contributed by atoms with E-state index in [1.807, 2.05) is 31.2 Å². The summed E-state index contributed by atoms with van der Waals surface area (Å²) in [7, 11) is 1.56. The summed E-state index contributed by atoms with van der Waals surface area (Å²) in [6.07, 6.45) is 0.935. The third kappa shape index (κ3) is 3.18. The number of carbonyl (C=O) groups excluding carboxylic acids is 1. The Labute approximate surface area is 119 Å². The van der Waals surface area contributed by atoms with E-state index in [4.69, 9.17) is 9.47 Å². The van der Waals surface area contributed by atoms with Crippen LogP contribution >= 0.6 is 0 Å². The summed E-state index contributed by atoms with van der Waals surface area (Å²) in [4.78, 5) is 12.5. The topological polar surface area (TPSA) is 35.5 Å². The predicted octanol–water partition coefficient (Wildman–Crippen LogP) is 3.72. The van der Waals surface area contributed by atoms with Crippen LogP contribution in [0.4, 0.5) is 0 Å². The maximum Gasteiger partial charge on any atom is 0.196 e. The van der Waals surface area contributed by atoms with Crippen molar-refractivity contribution in [2.24, 2.45) is 0 Å². The normalized spacial score (nSPS) is 10.1. The Morgan fingerprint density at radius 1 is 1.10 bits per heavy atom. The molecule has 2 aromatic carbocycles. The minimum Gasteiger partial charge on any atom is -0.496 e. The number of rotatable bonds is 6. The van der Waals surface area contributed by atoms with E-state index in [0.717, 1.165) is 6.42 Å². The molecule has 0 aliphatic heterocycles. The van der Waals surface area contributed by atoms with Crippen molar-refractivity contribution in [1.82, 2.24) is 0 Å². The number of ketones is 1. The van der Waals surface area contributed by atoms with Gasteiger partial charge in [-0.3, -0.25) is 4.79 Å². The first-order chi connectivity index (χ1) is 9.76. The largest absolute Gasteiger partial charge is 0.496 e. The fourth-order valence-corrected chi connectivity index (χ4v) is 1.93. The van der Waals surface area contributed by atoms with Crippen LogP contribution in [0, 0.1) is 0 Å². The highest BCUT2D eigenvalue weighted by molar-refractivity contribution is 6.10. The Morgan fingerprint density at radius 3 is 2.65 bits per heavy atom. The van der Waals surface area contributed by atoms with E-state index in [1.165, 1.54) is 0 Å². The molecule has 0 spiro atoms. The summed E-state index contributed by atoms with van der Waals surface area (Å²) < 4.78 is 10.8. The third-order valence-electron chi connectivity index (χ3n) is 2.92. The van der Waals surface area contributed by atoms with Crippen LogP contribution in [0.15, 0.2) is 48.5 Å². The summed E-state index contributed by atoms with van der Waals surface area (Å²) in [5.41, 5.74) is 1.16. The van der Waals surface area contributed by atoms with E-state index in [1.54, 1.807) is 31.4 Å². The lowest BCUT2D eigenvalue weighted by Gasteiger charge is -2.09. The summed E-state index contributed by atoms with van der Waals surface area (Å²) in [6.45, 7) is 2.69. The van der Waals surface area contributed by atoms with E-state index in [9.17, 15) is 4.79 Å². The summed E-state index contributed by atoms with van der Waals surface area (Å²) in [5, 5.41) is 0. The zero-order chi connectivity index (χ0) is 14.4. The lowest BCUT2D eigenvalue weighted by Crippen LogP contribution is -2.04. The summed E-state index contributed by atoms with van der Waals surface area (Å²) in [5.74, 6) is 1.23. The average Bonchev–Trinajstić information content (AvgIpc) is 2.52. The molecule has 2 aromatic rings. The number of hydrogen-bond acceptors (Lipinski definition) is 3. The van der Waals surface area contributed by atoms with Crippen LogP contribution in [0.5, 0.6) is 11.5 Å². The van der Waals surface area contributed by atoms with Crippen molar-refractivity contribution >= 4 is 5.78 Å². The maximum atomic E-state index is 12.5. The molecule has 0 N–H and O–H groups in total. The second-order valence-electron chi connectivity index (χ2n) is 4.41. The molecular formula is C17H18O3. The molecule has 20 heavy (non-hydrogen) atoms. The monoisotopic (exact) mass is 270 g/mol. The molecule has 0 fully saturated rings. The van der Waals surface area contributed by atoms with Gasteiger partial charge in [-0.2, -0.15) is 0 Å². The van der Waals surface area contributed by atoms with E-state index in [0.29, 0.717) is 29.2 Å². The summed E-state index contributed by atoms with van der Waals surface area (Å²) in [6, 6.07) is 14.5. The first-order valence-electron chi connectivity index (χ1n) is 6.67. The van der Waals surface area contributed by atoms with Gasteiger partial charge in [-0.25, -0.2) is 0 Å². The van der Waals surface area contributed by atoms with Crippen LogP contribution < -0.4 is 9.47 Å². The van der Waals surface area contributed by atoms with Crippen molar-refractivity contribution < 1.29 is 14.3 Å². The van der Waals surface area contributed by atoms with Crippen molar-refractivity contribution in [3.63, 3.8) is 0 Å². The van der Waals surface area contributed by atoms with Gasteiger partial charge in [0, 0.05) is 5.56 Å². The molecule has 0 saturated heterocycles. The fraction of sp³-hybridized carbons (Fsp3) is 0.235. The highest BCUT2D eigenvalue weighted by Gasteiger charge is 2.14. The van der Waals surface area contributed by atoms with Crippen LogP contribution in [-0.4, -0.2) is 19.5 Å². The molecule has 3 heteroatoms. The smallest absolute Gasteiger partial charge is 0.196 e. The lowest BCUT2D eigenvalue weighted by atomic mass is 10.0. The van der Waals surface area contributed by atoms with Crippen molar-refractivity contribution in [3.8, 4) is 11.5 Å². The van der Waals surface area contributed by atoms with Gasteiger partial charge in [0.05, 0.1) is 19.3 Å². The molecule has 0 amide bonds. The second-order valence-corrected chi connectivity index (χ2v) is 4.41. The molecule has 104 valence electrons. The number of para-hydroxylation sites is 1. The van der Waals surface area contributed by atoms with Crippen LogP contribution in [0.2, 0.25) is 0 Å². The van der Waals surface area contributed by atoms with Gasteiger partial charge in [0.15, 0.2) is 5.78 Å². The minimum absolute atomic E-state index is 0.0654. The maximum absolute atomic E-state index is 12.5. The van der Waals surface area contributed by atoms with Gasteiger partial charge in [0.2, 0.25) is 0 Å². The molecule has 0 heterocycles. The van der Waals surface area contributed by atoms with Gasteiger partial charge >= 0.3 is 0 Å². The Balaban J connectivity index is 2.28. The van der Waals surface area contributed by atoms with E-state index < -0.39 is 0 Å². The fourth-order valence-electron chi connectivity index (χ4n) is 1.93. The number of carbonyl (C=O) groups is 1. The zero-order valence-corrected chi connectivity index (χ0v) is 11.8. The molecular weight excluding hydrogens is 252 g/mol. The Morgan fingerprint density at radius 2 is 1.90 bits per heavy atom. The standard InChI is InChI=1S/C17H18O3/c1-3-11-20-14-8-6-7-13(12-14)17(18)15-9-4-5-10-16(15)19-2/h4-10,12H,3,11H2,1-2H3. The Kier molecular flexibility index (Phi) is 4.77. The number of methoxy groups -OCH3 is 1. The molecule has 0 aliphatic rings. The van der Waals surface area contributed by atoms with Gasteiger partial charge in [-0.05, 0) is 30.7 Å². The first kappa shape index (κ1) is 14.1. The van der Waals surface area contributed by atoms with Gasteiger partial charge in [0.25, 0.3) is 0 Å². The van der Waals surface area contributed by atoms with E-state index in [-0.39, 0.29) is 5.78 Å². The van der Waals surface area contributed by atoms with Crippen LogP contribution in [0.25, 0.3) is 0 Å². The lowest BCUT2D eigenvalue weighted by molar-refractivity contribution is 0.103. The van der Waals surface area contributed by atoms with E-state index in [2.05, 4.69) is 0 Å². The van der Waals surface area contributed by atoms with Gasteiger partial charge in [0.1, 0.15) is 11.5 Å². The number of hydrogen-bond donors (Lipinski definition) is 0. The molecule has 2 rings (SSSR count). The predicted molar refractivity (Wildman–Crippen MR) is 78.7 cm³/mol. The highest BCUT2D eigenvalue weighted by atomic mass is 16.5. The molecule has 0 atom stereocenters. The van der Waals surface area contributed by atoms with Crippen LogP contribution in [-0.2, 0) is 0 Å². The van der Waals surface area contributed by atoms with Crippen molar-refractivity contribution in [2.75, 3.05) is 13.7 Å².